The Bertz CT molecular complexity index is 1080. The standard InChI is InChI=1S/C24H21F9O4/c1-2-3-4-5-12-10-34-23(35-11-12)13-6-15(25)19(16(26)7-13)24(32,33)37-14-8-17(27)20(18(28)9-14)36-22(31)21(29)30/h6-9,12,23H,2-5,10-11H2,1H3. The lowest BCUT2D eigenvalue weighted by molar-refractivity contribution is -0.206. The van der Waals surface area contributed by atoms with E-state index in [-0.39, 0.29) is 36.8 Å². The molecule has 1 aliphatic heterocycles. The second-order valence-electron chi connectivity index (χ2n) is 8.19. The van der Waals surface area contributed by atoms with Gasteiger partial charge in [-0.05, 0) is 18.6 Å². The van der Waals surface area contributed by atoms with Crippen molar-refractivity contribution in [3.63, 3.8) is 0 Å². The zero-order valence-corrected chi connectivity index (χ0v) is 19.2. The Hall–Kier alpha value is -2.93. The summed E-state index contributed by atoms with van der Waals surface area (Å²) in [5, 5.41) is 0. The Labute approximate surface area is 205 Å². The van der Waals surface area contributed by atoms with Crippen LogP contribution >= 0.6 is 0 Å². The van der Waals surface area contributed by atoms with Crippen molar-refractivity contribution in [2.24, 2.45) is 5.92 Å². The van der Waals surface area contributed by atoms with E-state index >= 15 is 0 Å². The molecule has 13 heteroatoms. The Morgan fingerprint density at radius 1 is 0.892 bits per heavy atom. The van der Waals surface area contributed by atoms with Gasteiger partial charge in [-0.15, -0.1) is 0 Å². The predicted molar refractivity (Wildman–Crippen MR) is 110 cm³/mol. The fourth-order valence-electron chi connectivity index (χ4n) is 3.61. The lowest BCUT2D eigenvalue weighted by Crippen LogP contribution is -2.28. The highest BCUT2D eigenvalue weighted by atomic mass is 19.3. The molecule has 3 rings (SSSR count). The minimum atomic E-state index is -4.79. The van der Waals surface area contributed by atoms with Crippen LogP contribution in [0.3, 0.4) is 0 Å². The van der Waals surface area contributed by atoms with Crippen LogP contribution in [0.25, 0.3) is 0 Å². The zero-order valence-electron chi connectivity index (χ0n) is 19.2. The summed E-state index contributed by atoms with van der Waals surface area (Å²) >= 11 is 0. The van der Waals surface area contributed by atoms with E-state index < -0.39 is 64.8 Å². The van der Waals surface area contributed by atoms with Crippen molar-refractivity contribution in [1.82, 2.24) is 0 Å². The predicted octanol–water partition coefficient (Wildman–Crippen LogP) is 8.03. The van der Waals surface area contributed by atoms with E-state index in [1.54, 1.807) is 0 Å². The number of alkyl halides is 2. The number of hydrogen-bond acceptors (Lipinski definition) is 4. The fraction of sp³-hybridized carbons (Fsp3) is 0.417. The van der Waals surface area contributed by atoms with Crippen molar-refractivity contribution in [1.29, 1.82) is 0 Å². The van der Waals surface area contributed by atoms with Crippen molar-refractivity contribution < 1.29 is 58.5 Å². The molecule has 0 amide bonds. The Balaban J connectivity index is 1.75. The minimum Gasteiger partial charge on any atom is -0.429 e. The normalized spacial score (nSPS) is 18.0. The topological polar surface area (TPSA) is 36.9 Å². The molecule has 2 aromatic rings. The maximum Gasteiger partial charge on any atom is 0.432 e. The van der Waals surface area contributed by atoms with E-state index in [4.69, 9.17) is 9.47 Å². The second kappa shape index (κ2) is 12.1. The largest absolute Gasteiger partial charge is 0.432 e. The summed E-state index contributed by atoms with van der Waals surface area (Å²) < 4.78 is 142. The maximum atomic E-state index is 14.6. The molecule has 0 N–H and O–H groups in total. The molecule has 0 radical (unpaired) electrons. The van der Waals surface area contributed by atoms with Crippen LogP contribution in [0, 0.1) is 29.2 Å². The van der Waals surface area contributed by atoms with Crippen molar-refractivity contribution >= 4 is 0 Å². The van der Waals surface area contributed by atoms with Gasteiger partial charge in [0, 0.05) is 23.6 Å². The van der Waals surface area contributed by atoms with E-state index in [0.717, 1.165) is 25.7 Å². The summed E-state index contributed by atoms with van der Waals surface area (Å²) in [4.78, 5) is 0. The Morgan fingerprint density at radius 2 is 1.46 bits per heavy atom. The average Bonchev–Trinajstić information content (AvgIpc) is 2.81. The molecule has 0 atom stereocenters. The third kappa shape index (κ3) is 7.10. The molecule has 1 aliphatic rings. The van der Waals surface area contributed by atoms with Gasteiger partial charge >= 0.3 is 18.2 Å². The molecule has 204 valence electrons. The summed E-state index contributed by atoms with van der Waals surface area (Å²) in [6.45, 7) is 2.53. The Kier molecular flexibility index (Phi) is 9.35. The van der Waals surface area contributed by atoms with E-state index in [1.807, 2.05) is 6.92 Å². The molecule has 0 aliphatic carbocycles. The summed E-state index contributed by atoms with van der Waals surface area (Å²) in [6.07, 6.45) is -5.18. The molecule has 1 heterocycles. The third-order valence-corrected chi connectivity index (χ3v) is 5.37. The van der Waals surface area contributed by atoms with Gasteiger partial charge < -0.3 is 18.9 Å². The first-order valence-electron chi connectivity index (χ1n) is 11.1. The van der Waals surface area contributed by atoms with E-state index in [2.05, 4.69) is 9.47 Å². The summed E-state index contributed by atoms with van der Waals surface area (Å²) in [5.41, 5.74) is -2.09. The Morgan fingerprint density at radius 3 is 1.97 bits per heavy atom. The quantitative estimate of drug-likeness (QED) is 0.172. The number of unbranched alkanes of at least 4 members (excludes halogenated alkanes) is 2. The van der Waals surface area contributed by atoms with Gasteiger partial charge in [0.25, 0.3) is 0 Å². The lowest BCUT2D eigenvalue weighted by Gasteiger charge is -2.30. The third-order valence-electron chi connectivity index (χ3n) is 5.37. The van der Waals surface area contributed by atoms with Crippen LogP contribution in [0.4, 0.5) is 39.5 Å². The first-order chi connectivity index (χ1) is 17.4. The van der Waals surface area contributed by atoms with Gasteiger partial charge in [0.1, 0.15) is 22.9 Å². The van der Waals surface area contributed by atoms with Crippen LogP contribution in [0.1, 0.15) is 50.0 Å². The van der Waals surface area contributed by atoms with Gasteiger partial charge in [-0.2, -0.15) is 22.0 Å². The summed E-state index contributed by atoms with van der Waals surface area (Å²) in [5.74, 6) is -10.2. The van der Waals surface area contributed by atoms with Crippen molar-refractivity contribution in [2.75, 3.05) is 13.2 Å². The molecular formula is C24H21F9O4. The van der Waals surface area contributed by atoms with Gasteiger partial charge in [0.2, 0.25) is 5.75 Å². The number of hydrogen-bond donors (Lipinski definition) is 0. The molecule has 0 aromatic heterocycles. The van der Waals surface area contributed by atoms with Crippen molar-refractivity contribution in [2.45, 2.75) is 45.0 Å². The molecule has 37 heavy (non-hydrogen) atoms. The summed E-state index contributed by atoms with van der Waals surface area (Å²) in [6, 6.07) is -1.47. The van der Waals surface area contributed by atoms with Crippen molar-refractivity contribution in [3.05, 3.63) is 70.8 Å². The molecule has 0 bridgehead atoms. The average molecular weight is 544 g/mol. The fourth-order valence-corrected chi connectivity index (χ4v) is 3.61. The van der Waals surface area contributed by atoms with Gasteiger partial charge in [0.15, 0.2) is 17.9 Å². The molecule has 0 saturated carbocycles. The first-order valence-corrected chi connectivity index (χ1v) is 11.1. The number of halogens is 9. The van der Waals surface area contributed by atoms with Gasteiger partial charge in [-0.25, -0.2) is 17.6 Å². The van der Waals surface area contributed by atoms with E-state index in [0.29, 0.717) is 12.1 Å². The number of ether oxygens (including phenoxy) is 4. The molecular weight excluding hydrogens is 523 g/mol. The van der Waals surface area contributed by atoms with E-state index in [9.17, 15) is 39.5 Å². The zero-order chi connectivity index (χ0) is 27.3. The van der Waals surface area contributed by atoms with Crippen LogP contribution in [-0.2, 0) is 15.6 Å². The highest BCUT2D eigenvalue weighted by molar-refractivity contribution is 5.37. The lowest BCUT2D eigenvalue weighted by atomic mass is 10.0. The smallest absolute Gasteiger partial charge is 0.429 e. The monoisotopic (exact) mass is 544 g/mol. The van der Waals surface area contributed by atoms with Gasteiger partial charge in [0.05, 0.1) is 13.2 Å². The number of benzene rings is 2. The summed E-state index contributed by atoms with van der Waals surface area (Å²) in [7, 11) is 0. The van der Waals surface area contributed by atoms with Crippen LogP contribution in [0.5, 0.6) is 11.5 Å². The van der Waals surface area contributed by atoms with Crippen LogP contribution in [-0.4, -0.2) is 13.2 Å². The van der Waals surface area contributed by atoms with Crippen LogP contribution in [0.15, 0.2) is 36.4 Å². The first kappa shape index (κ1) is 28.6. The highest BCUT2D eigenvalue weighted by Gasteiger charge is 2.42. The maximum absolute atomic E-state index is 14.6. The van der Waals surface area contributed by atoms with Crippen LogP contribution in [0.2, 0.25) is 0 Å². The van der Waals surface area contributed by atoms with Gasteiger partial charge in [-0.1, -0.05) is 26.2 Å². The molecule has 2 aromatic carbocycles. The number of rotatable bonds is 10. The molecule has 4 nitrogen and oxygen atoms in total. The molecule has 0 unspecified atom stereocenters. The second-order valence-corrected chi connectivity index (χ2v) is 8.19. The molecule has 1 saturated heterocycles. The minimum absolute atomic E-state index is 0.0283. The molecule has 1 fully saturated rings. The van der Waals surface area contributed by atoms with Gasteiger partial charge in [-0.3, -0.25) is 0 Å². The van der Waals surface area contributed by atoms with Crippen LogP contribution < -0.4 is 9.47 Å². The van der Waals surface area contributed by atoms with Crippen molar-refractivity contribution in [3.8, 4) is 11.5 Å². The highest BCUT2D eigenvalue weighted by Crippen LogP contribution is 2.39. The van der Waals surface area contributed by atoms with E-state index in [1.165, 1.54) is 0 Å². The molecule has 0 spiro atoms. The SMILES string of the molecule is CCCCCC1COC(c2cc(F)c(C(F)(F)Oc3cc(F)c(OC(F)=C(F)F)c(F)c3)c(F)c2)OC1.